The lowest BCUT2D eigenvalue weighted by Crippen LogP contribution is -2.26. The number of carbonyl (C=O) groups excluding carboxylic acids is 1. The maximum absolute atomic E-state index is 11.4. The summed E-state index contributed by atoms with van der Waals surface area (Å²) < 4.78 is 0. The molecule has 1 N–H and O–H groups in total. The van der Waals surface area contributed by atoms with E-state index in [1.54, 1.807) is 0 Å². The SMILES string of the molecule is CCC(CC)CC(=O)CNC1CC1. The molecule has 0 bridgehead atoms. The van der Waals surface area contributed by atoms with Crippen LogP contribution in [0.2, 0.25) is 0 Å². The molecule has 0 radical (unpaired) electrons. The molecule has 1 fully saturated rings. The van der Waals surface area contributed by atoms with Crippen molar-refractivity contribution in [2.24, 2.45) is 5.92 Å². The third kappa shape index (κ3) is 4.41. The third-order valence-electron chi connectivity index (χ3n) is 2.84. The highest BCUT2D eigenvalue weighted by atomic mass is 16.1. The summed E-state index contributed by atoms with van der Waals surface area (Å²) in [6.45, 7) is 4.92. The zero-order valence-corrected chi connectivity index (χ0v) is 8.81. The van der Waals surface area contributed by atoms with Gasteiger partial charge in [0.15, 0.2) is 0 Å². The van der Waals surface area contributed by atoms with Gasteiger partial charge in [0.1, 0.15) is 5.78 Å². The smallest absolute Gasteiger partial charge is 0.146 e. The molecule has 0 spiro atoms. The van der Waals surface area contributed by atoms with Crippen molar-refractivity contribution in [1.29, 1.82) is 0 Å². The number of hydrogen-bond donors (Lipinski definition) is 1. The van der Waals surface area contributed by atoms with Gasteiger partial charge in [-0.2, -0.15) is 0 Å². The topological polar surface area (TPSA) is 29.1 Å². The second-order valence-electron chi connectivity index (χ2n) is 4.08. The number of rotatable bonds is 7. The molecule has 0 aromatic rings. The van der Waals surface area contributed by atoms with Crippen LogP contribution in [0.1, 0.15) is 46.0 Å². The largest absolute Gasteiger partial charge is 0.307 e. The van der Waals surface area contributed by atoms with E-state index in [-0.39, 0.29) is 0 Å². The van der Waals surface area contributed by atoms with Crippen LogP contribution in [0.15, 0.2) is 0 Å². The zero-order valence-electron chi connectivity index (χ0n) is 8.81. The molecule has 0 atom stereocenters. The van der Waals surface area contributed by atoms with Gasteiger partial charge in [0.2, 0.25) is 0 Å². The molecule has 0 aliphatic heterocycles. The molecule has 0 amide bonds. The summed E-state index contributed by atoms with van der Waals surface area (Å²) in [7, 11) is 0. The van der Waals surface area contributed by atoms with E-state index in [4.69, 9.17) is 0 Å². The summed E-state index contributed by atoms with van der Waals surface area (Å²) in [4.78, 5) is 11.4. The third-order valence-corrected chi connectivity index (χ3v) is 2.84. The Balaban J connectivity index is 2.07. The number of hydrogen-bond acceptors (Lipinski definition) is 2. The van der Waals surface area contributed by atoms with Crippen LogP contribution >= 0.6 is 0 Å². The molecule has 1 aliphatic carbocycles. The molecule has 2 heteroatoms. The Bertz CT molecular complexity index is 159. The molecule has 0 aromatic carbocycles. The summed E-state index contributed by atoms with van der Waals surface area (Å²) in [6, 6.07) is 0.658. The molecular formula is C11H21NO. The molecule has 0 aromatic heterocycles. The highest BCUT2D eigenvalue weighted by Gasteiger charge is 2.21. The van der Waals surface area contributed by atoms with E-state index < -0.39 is 0 Å². The van der Waals surface area contributed by atoms with Crippen LogP contribution in [0, 0.1) is 5.92 Å². The van der Waals surface area contributed by atoms with Crippen molar-refractivity contribution in [3.63, 3.8) is 0 Å². The van der Waals surface area contributed by atoms with Crippen molar-refractivity contribution in [2.45, 2.75) is 52.0 Å². The average Bonchev–Trinajstić information content (AvgIpc) is 2.94. The van der Waals surface area contributed by atoms with Crippen LogP contribution < -0.4 is 5.32 Å². The van der Waals surface area contributed by atoms with Crippen LogP contribution in [-0.4, -0.2) is 18.4 Å². The fourth-order valence-corrected chi connectivity index (χ4v) is 1.52. The maximum atomic E-state index is 11.4. The first-order valence-corrected chi connectivity index (χ1v) is 5.51. The van der Waals surface area contributed by atoms with E-state index in [0.29, 0.717) is 24.3 Å². The average molecular weight is 183 g/mol. The lowest BCUT2D eigenvalue weighted by atomic mass is 9.97. The minimum atomic E-state index is 0.389. The Kier molecular flexibility index (Phi) is 4.43. The number of Topliss-reactive ketones (excluding diaryl/α,β-unsaturated/α-hetero) is 1. The Morgan fingerprint density at radius 1 is 1.38 bits per heavy atom. The first-order valence-electron chi connectivity index (χ1n) is 5.51. The van der Waals surface area contributed by atoms with Crippen LogP contribution in [-0.2, 0) is 4.79 Å². The van der Waals surface area contributed by atoms with Gasteiger partial charge in [-0.15, -0.1) is 0 Å². The quantitative estimate of drug-likeness (QED) is 0.655. The monoisotopic (exact) mass is 183 g/mol. The Hall–Kier alpha value is -0.370. The first kappa shape index (κ1) is 10.7. The molecule has 0 unspecified atom stereocenters. The zero-order chi connectivity index (χ0) is 9.68. The second-order valence-corrected chi connectivity index (χ2v) is 4.08. The standard InChI is InChI=1S/C11H21NO/c1-3-9(4-2)7-11(13)8-12-10-5-6-10/h9-10,12H,3-8H2,1-2H3. The molecule has 1 rings (SSSR count). The van der Waals surface area contributed by atoms with Gasteiger partial charge in [-0.05, 0) is 18.8 Å². The van der Waals surface area contributed by atoms with Gasteiger partial charge in [0.25, 0.3) is 0 Å². The fourth-order valence-electron chi connectivity index (χ4n) is 1.52. The van der Waals surface area contributed by atoms with E-state index in [1.807, 2.05) is 0 Å². The van der Waals surface area contributed by atoms with E-state index in [1.165, 1.54) is 12.8 Å². The van der Waals surface area contributed by atoms with Gasteiger partial charge in [0, 0.05) is 12.5 Å². The predicted molar refractivity (Wildman–Crippen MR) is 54.7 cm³/mol. The summed E-state index contributed by atoms with van der Waals surface area (Å²) in [5.41, 5.74) is 0. The highest BCUT2D eigenvalue weighted by Crippen LogP contribution is 2.18. The summed E-state index contributed by atoms with van der Waals surface area (Å²) in [5.74, 6) is 0.995. The first-order chi connectivity index (χ1) is 6.26. The van der Waals surface area contributed by atoms with Gasteiger partial charge in [-0.3, -0.25) is 4.79 Å². The minimum Gasteiger partial charge on any atom is -0.307 e. The normalized spacial score (nSPS) is 16.5. The van der Waals surface area contributed by atoms with Gasteiger partial charge < -0.3 is 5.32 Å². The molecule has 1 aliphatic rings. The summed E-state index contributed by atoms with van der Waals surface area (Å²) in [5, 5.41) is 3.26. The van der Waals surface area contributed by atoms with E-state index >= 15 is 0 Å². The van der Waals surface area contributed by atoms with Crippen molar-refractivity contribution in [1.82, 2.24) is 5.32 Å². The minimum absolute atomic E-state index is 0.389. The molecule has 76 valence electrons. The molecule has 0 heterocycles. The second kappa shape index (κ2) is 5.38. The number of ketones is 1. The van der Waals surface area contributed by atoms with Crippen molar-refractivity contribution >= 4 is 5.78 Å². The van der Waals surface area contributed by atoms with Gasteiger partial charge in [-0.1, -0.05) is 26.7 Å². The van der Waals surface area contributed by atoms with Gasteiger partial charge >= 0.3 is 0 Å². The Labute approximate surface area is 81.1 Å². The van der Waals surface area contributed by atoms with Crippen molar-refractivity contribution in [3.8, 4) is 0 Å². The van der Waals surface area contributed by atoms with Crippen molar-refractivity contribution in [3.05, 3.63) is 0 Å². The predicted octanol–water partition coefficient (Wildman–Crippen LogP) is 2.13. The van der Waals surface area contributed by atoms with Crippen LogP contribution in [0.5, 0.6) is 0 Å². The summed E-state index contributed by atoms with van der Waals surface area (Å²) in [6.07, 6.45) is 5.56. The number of carbonyl (C=O) groups is 1. The van der Waals surface area contributed by atoms with Crippen molar-refractivity contribution < 1.29 is 4.79 Å². The van der Waals surface area contributed by atoms with Crippen LogP contribution in [0.3, 0.4) is 0 Å². The van der Waals surface area contributed by atoms with E-state index in [0.717, 1.165) is 19.3 Å². The number of nitrogens with one attached hydrogen (secondary N) is 1. The van der Waals surface area contributed by atoms with Gasteiger partial charge in [-0.25, -0.2) is 0 Å². The molecule has 13 heavy (non-hydrogen) atoms. The van der Waals surface area contributed by atoms with Gasteiger partial charge in [0.05, 0.1) is 6.54 Å². The summed E-state index contributed by atoms with van der Waals surface area (Å²) >= 11 is 0. The Morgan fingerprint density at radius 2 is 2.00 bits per heavy atom. The van der Waals surface area contributed by atoms with Crippen LogP contribution in [0.4, 0.5) is 0 Å². The fraction of sp³-hybridized carbons (Fsp3) is 0.909. The van der Waals surface area contributed by atoms with Crippen LogP contribution in [0.25, 0.3) is 0 Å². The highest BCUT2D eigenvalue weighted by molar-refractivity contribution is 5.80. The lowest BCUT2D eigenvalue weighted by molar-refractivity contribution is -0.119. The molecular weight excluding hydrogens is 162 g/mol. The molecule has 1 saturated carbocycles. The molecule has 0 saturated heterocycles. The maximum Gasteiger partial charge on any atom is 0.146 e. The van der Waals surface area contributed by atoms with Crippen molar-refractivity contribution in [2.75, 3.05) is 6.54 Å². The van der Waals surface area contributed by atoms with E-state index in [2.05, 4.69) is 19.2 Å². The van der Waals surface area contributed by atoms with E-state index in [9.17, 15) is 4.79 Å². The lowest BCUT2D eigenvalue weighted by Gasteiger charge is -2.10. The molecule has 2 nitrogen and oxygen atoms in total. The Morgan fingerprint density at radius 3 is 2.46 bits per heavy atom.